The van der Waals surface area contributed by atoms with Crippen LogP contribution in [0.3, 0.4) is 0 Å². The fourth-order valence-electron chi connectivity index (χ4n) is 1.38. The van der Waals surface area contributed by atoms with E-state index in [1.807, 2.05) is 12.1 Å². The van der Waals surface area contributed by atoms with Crippen LogP contribution in [0.15, 0.2) is 35.1 Å². The Morgan fingerprint density at radius 2 is 1.81 bits per heavy atom. The summed E-state index contributed by atoms with van der Waals surface area (Å²) in [5.74, 6) is 0.608. The van der Waals surface area contributed by atoms with Gasteiger partial charge in [0.2, 0.25) is 5.95 Å². The maximum atomic E-state index is 4.18. The van der Waals surface area contributed by atoms with Gasteiger partial charge in [0.25, 0.3) is 0 Å². The maximum absolute atomic E-state index is 4.18. The standard InChI is InChI=1S/C12H12BrN3/c1-8-4-3-5-11(9(8)2)16-12-14-6-10(13)7-15-12/h3-7H,1-2H3,(H,14,15,16). The average Bonchev–Trinajstić information content (AvgIpc) is 2.28. The van der Waals surface area contributed by atoms with Crippen molar-refractivity contribution in [1.82, 2.24) is 9.97 Å². The first kappa shape index (κ1) is 11.1. The molecule has 0 amide bonds. The molecule has 1 aromatic heterocycles. The quantitative estimate of drug-likeness (QED) is 0.912. The van der Waals surface area contributed by atoms with Gasteiger partial charge in [0.15, 0.2) is 0 Å². The van der Waals surface area contributed by atoms with Crippen LogP contribution in [0, 0.1) is 13.8 Å². The summed E-state index contributed by atoms with van der Waals surface area (Å²) >= 11 is 3.30. The number of nitrogens with zero attached hydrogens (tertiary/aromatic N) is 2. The van der Waals surface area contributed by atoms with Crippen LogP contribution in [0.5, 0.6) is 0 Å². The summed E-state index contributed by atoms with van der Waals surface area (Å²) in [5.41, 5.74) is 3.51. The van der Waals surface area contributed by atoms with Gasteiger partial charge in [-0.25, -0.2) is 9.97 Å². The van der Waals surface area contributed by atoms with E-state index in [1.165, 1.54) is 11.1 Å². The fraction of sp³-hybridized carbons (Fsp3) is 0.167. The number of rotatable bonds is 2. The third-order valence-corrected chi connectivity index (χ3v) is 2.88. The lowest BCUT2D eigenvalue weighted by molar-refractivity contribution is 1.15. The normalized spacial score (nSPS) is 10.2. The summed E-state index contributed by atoms with van der Waals surface area (Å²) in [6.45, 7) is 4.17. The molecule has 2 rings (SSSR count). The highest BCUT2D eigenvalue weighted by atomic mass is 79.9. The number of halogens is 1. The van der Waals surface area contributed by atoms with Gasteiger partial charge >= 0.3 is 0 Å². The van der Waals surface area contributed by atoms with Crippen molar-refractivity contribution < 1.29 is 0 Å². The highest BCUT2D eigenvalue weighted by molar-refractivity contribution is 9.10. The average molecular weight is 278 g/mol. The summed E-state index contributed by atoms with van der Waals surface area (Å²) < 4.78 is 0.874. The number of hydrogen-bond acceptors (Lipinski definition) is 3. The molecular formula is C12H12BrN3. The Morgan fingerprint density at radius 3 is 2.50 bits per heavy atom. The van der Waals surface area contributed by atoms with Gasteiger partial charge in [-0.05, 0) is 47.0 Å². The van der Waals surface area contributed by atoms with E-state index in [0.717, 1.165) is 10.2 Å². The molecule has 3 nitrogen and oxygen atoms in total. The van der Waals surface area contributed by atoms with Gasteiger partial charge in [-0.1, -0.05) is 12.1 Å². The van der Waals surface area contributed by atoms with Crippen LogP contribution >= 0.6 is 15.9 Å². The molecule has 1 N–H and O–H groups in total. The van der Waals surface area contributed by atoms with Crippen molar-refractivity contribution in [1.29, 1.82) is 0 Å². The SMILES string of the molecule is Cc1cccc(Nc2ncc(Br)cn2)c1C. The number of benzene rings is 1. The molecule has 0 aliphatic rings. The van der Waals surface area contributed by atoms with Gasteiger partial charge in [-0.15, -0.1) is 0 Å². The molecule has 0 spiro atoms. The van der Waals surface area contributed by atoms with Crippen LogP contribution in [0.4, 0.5) is 11.6 Å². The van der Waals surface area contributed by atoms with Crippen LogP contribution in [-0.2, 0) is 0 Å². The third kappa shape index (κ3) is 2.39. The fourth-order valence-corrected chi connectivity index (χ4v) is 1.59. The summed E-state index contributed by atoms with van der Waals surface area (Å²) in [6.07, 6.45) is 3.45. The zero-order valence-electron chi connectivity index (χ0n) is 9.16. The Kier molecular flexibility index (Phi) is 3.19. The second-order valence-electron chi connectivity index (χ2n) is 3.60. The zero-order chi connectivity index (χ0) is 11.5. The lowest BCUT2D eigenvalue weighted by Crippen LogP contribution is -1.98. The molecule has 0 fully saturated rings. The van der Waals surface area contributed by atoms with Gasteiger partial charge in [0.1, 0.15) is 0 Å². The Hall–Kier alpha value is -1.42. The van der Waals surface area contributed by atoms with Crippen LogP contribution in [0.25, 0.3) is 0 Å². The molecule has 0 aliphatic heterocycles. The van der Waals surface area contributed by atoms with E-state index in [0.29, 0.717) is 5.95 Å². The topological polar surface area (TPSA) is 37.8 Å². The molecule has 0 saturated carbocycles. The summed E-state index contributed by atoms with van der Waals surface area (Å²) in [5, 5.41) is 3.20. The van der Waals surface area contributed by atoms with Gasteiger partial charge in [-0.2, -0.15) is 0 Å². The molecular weight excluding hydrogens is 266 g/mol. The van der Waals surface area contributed by atoms with Crippen molar-refractivity contribution in [3.8, 4) is 0 Å². The smallest absolute Gasteiger partial charge is 0.227 e. The highest BCUT2D eigenvalue weighted by Gasteiger charge is 2.02. The van der Waals surface area contributed by atoms with E-state index in [1.54, 1.807) is 12.4 Å². The highest BCUT2D eigenvalue weighted by Crippen LogP contribution is 2.20. The molecule has 0 atom stereocenters. The van der Waals surface area contributed by atoms with E-state index in [2.05, 4.69) is 51.1 Å². The summed E-state index contributed by atoms with van der Waals surface area (Å²) in [4.78, 5) is 8.35. The van der Waals surface area contributed by atoms with Gasteiger partial charge in [0, 0.05) is 18.1 Å². The maximum Gasteiger partial charge on any atom is 0.227 e. The monoisotopic (exact) mass is 277 g/mol. The first-order valence-corrected chi connectivity index (χ1v) is 5.77. The largest absolute Gasteiger partial charge is 0.324 e. The first-order valence-electron chi connectivity index (χ1n) is 4.97. The van der Waals surface area contributed by atoms with Gasteiger partial charge in [0.05, 0.1) is 4.47 Å². The molecule has 1 heterocycles. The van der Waals surface area contributed by atoms with Gasteiger partial charge in [-0.3, -0.25) is 0 Å². The van der Waals surface area contributed by atoms with Crippen LogP contribution in [-0.4, -0.2) is 9.97 Å². The number of nitrogens with one attached hydrogen (secondary N) is 1. The van der Waals surface area contributed by atoms with Crippen LogP contribution in [0.1, 0.15) is 11.1 Å². The molecule has 0 bridgehead atoms. The lowest BCUT2D eigenvalue weighted by Gasteiger charge is -2.09. The number of aromatic nitrogens is 2. The van der Waals surface area contributed by atoms with Crippen molar-refractivity contribution in [3.63, 3.8) is 0 Å². The minimum Gasteiger partial charge on any atom is -0.324 e. The Morgan fingerprint density at radius 1 is 1.12 bits per heavy atom. The molecule has 4 heteroatoms. The van der Waals surface area contributed by atoms with Crippen molar-refractivity contribution in [3.05, 3.63) is 46.2 Å². The van der Waals surface area contributed by atoms with Crippen LogP contribution in [0.2, 0.25) is 0 Å². The molecule has 0 aliphatic carbocycles. The Bertz CT molecular complexity index is 494. The molecule has 0 radical (unpaired) electrons. The van der Waals surface area contributed by atoms with Crippen molar-refractivity contribution in [2.75, 3.05) is 5.32 Å². The number of aryl methyl sites for hydroxylation is 1. The molecule has 0 unspecified atom stereocenters. The Labute approximate surface area is 103 Å². The van der Waals surface area contributed by atoms with E-state index in [-0.39, 0.29) is 0 Å². The van der Waals surface area contributed by atoms with E-state index in [9.17, 15) is 0 Å². The molecule has 16 heavy (non-hydrogen) atoms. The third-order valence-electron chi connectivity index (χ3n) is 2.47. The van der Waals surface area contributed by atoms with Crippen LogP contribution < -0.4 is 5.32 Å². The second-order valence-corrected chi connectivity index (χ2v) is 4.51. The lowest BCUT2D eigenvalue weighted by atomic mass is 10.1. The molecule has 0 saturated heterocycles. The molecule has 82 valence electrons. The summed E-state index contributed by atoms with van der Waals surface area (Å²) in [7, 11) is 0. The predicted octanol–water partition coefficient (Wildman–Crippen LogP) is 3.60. The molecule has 1 aromatic carbocycles. The van der Waals surface area contributed by atoms with E-state index < -0.39 is 0 Å². The predicted molar refractivity (Wildman–Crippen MR) is 68.9 cm³/mol. The van der Waals surface area contributed by atoms with Crippen molar-refractivity contribution in [2.24, 2.45) is 0 Å². The zero-order valence-corrected chi connectivity index (χ0v) is 10.7. The minimum absolute atomic E-state index is 0.608. The second kappa shape index (κ2) is 4.61. The summed E-state index contributed by atoms with van der Waals surface area (Å²) in [6, 6.07) is 6.13. The van der Waals surface area contributed by atoms with Crippen molar-refractivity contribution in [2.45, 2.75) is 13.8 Å². The number of anilines is 2. The van der Waals surface area contributed by atoms with E-state index >= 15 is 0 Å². The first-order chi connectivity index (χ1) is 7.66. The Balaban J connectivity index is 2.27. The minimum atomic E-state index is 0.608. The van der Waals surface area contributed by atoms with Crippen molar-refractivity contribution >= 4 is 27.6 Å². The molecule has 2 aromatic rings. The van der Waals surface area contributed by atoms with E-state index in [4.69, 9.17) is 0 Å². The number of hydrogen-bond donors (Lipinski definition) is 1. The van der Waals surface area contributed by atoms with Gasteiger partial charge < -0.3 is 5.32 Å².